The Morgan fingerprint density at radius 3 is 2.60 bits per heavy atom. The Morgan fingerprint density at radius 2 is 1.85 bits per heavy atom. The average molecular weight is 266 g/mol. The van der Waals surface area contributed by atoms with Gasteiger partial charge < -0.3 is 10.2 Å². The maximum atomic E-state index is 3.62. The minimum Gasteiger partial charge on any atom is -0.380 e. The van der Waals surface area contributed by atoms with Gasteiger partial charge in [-0.05, 0) is 37.6 Å². The van der Waals surface area contributed by atoms with E-state index in [1.54, 1.807) is 0 Å². The van der Waals surface area contributed by atoms with Crippen LogP contribution in [0.5, 0.6) is 0 Å². The van der Waals surface area contributed by atoms with Crippen molar-refractivity contribution < 1.29 is 0 Å². The quantitative estimate of drug-likeness (QED) is 0.911. The molecular formula is C18H22N2. The summed E-state index contributed by atoms with van der Waals surface area (Å²) in [7, 11) is 2.20. The smallest absolute Gasteiger partial charge is 0.0429 e. The third kappa shape index (κ3) is 3.02. The zero-order valence-electron chi connectivity index (χ0n) is 12.3. The van der Waals surface area contributed by atoms with Crippen molar-refractivity contribution >= 4 is 5.69 Å². The molecule has 0 bridgehead atoms. The molecule has 2 aromatic rings. The van der Waals surface area contributed by atoms with E-state index in [0.29, 0.717) is 6.04 Å². The van der Waals surface area contributed by atoms with Gasteiger partial charge in [-0.1, -0.05) is 48.0 Å². The van der Waals surface area contributed by atoms with E-state index in [-0.39, 0.29) is 0 Å². The maximum absolute atomic E-state index is 3.62. The summed E-state index contributed by atoms with van der Waals surface area (Å²) < 4.78 is 0. The van der Waals surface area contributed by atoms with Gasteiger partial charge in [-0.2, -0.15) is 0 Å². The van der Waals surface area contributed by atoms with Crippen molar-refractivity contribution in [3.63, 3.8) is 0 Å². The molecule has 1 aliphatic rings. The molecule has 0 aromatic heterocycles. The Kier molecular flexibility index (Phi) is 3.75. The molecule has 2 nitrogen and oxygen atoms in total. The van der Waals surface area contributed by atoms with Gasteiger partial charge in [0.15, 0.2) is 0 Å². The normalized spacial score (nSPS) is 17.1. The highest BCUT2D eigenvalue weighted by Crippen LogP contribution is 2.25. The number of rotatable bonds is 4. The molecule has 1 unspecified atom stereocenters. The lowest BCUT2D eigenvalue weighted by Crippen LogP contribution is -2.32. The van der Waals surface area contributed by atoms with Crippen LogP contribution in [0.4, 0.5) is 5.69 Å². The third-order valence-electron chi connectivity index (χ3n) is 3.95. The van der Waals surface area contributed by atoms with E-state index in [1.165, 1.54) is 22.4 Å². The number of likely N-dealkylation sites (N-methyl/N-ethyl adjacent to an activating group) is 1. The van der Waals surface area contributed by atoms with Crippen LogP contribution in [0.3, 0.4) is 0 Å². The van der Waals surface area contributed by atoms with Gasteiger partial charge in [-0.25, -0.2) is 0 Å². The molecule has 0 spiro atoms. The lowest BCUT2D eigenvalue weighted by Gasteiger charge is -2.21. The molecule has 20 heavy (non-hydrogen) atoms. The van der Waals surface area contributed by atoms with Gasteiger partial charge in [0.25, 0.3) is 0 Å². The number of nitrogens with one attached hydrogen (secondary N) is 1. The van der Waals surface area contributed by atoms with Gasteiger partial charge in [0.05, 0.1) is 0 Å². The van der Waals surface area contributed by atoms with E-state index in [9.17, 15) is 0 Å². The summed E-state index contributed by atoms with van der Waals surface area (Å²) in [5, 5.41) is 3.62. The number of para-hydroxylation sites is 1. The molecule has 1 heterocycles. The van der Waals surface area contributed by atoms with Gasteiger partial charge in [-0.3, -0.25) is 0 Å². The molecule has 0 saturated heterocycles. The van der Waals surface area contributed by atoms with Crippen LogP contribution >= 0.6 is 0 Å². The second-order valence-corrected chi connectivity index (χ2v) is 5.88. The summed E-state index contributed by atoms with van der Waals surface area (Å²) in [6.45, 7) is 4.21. The molecule has 104 valence electrons. The molecule has 1 aliphatic heterocycles. The Hall–Kier alpha value is -1.80. The van der Waals surface area contributed by atoms with E-state index in [0.717, 1.165) is 19.5 Å². The number of hydrogen-bond acceptors (Lipinski definition) is 2. The Labute approximate surface area is 121 Å². The first-order valence-corrected chi connectivity index (χ1v) is 7.29. The Morgan fingerprint density at radius 1 is 1.10 bits per heavy atom. The van der Waals surface area contributed by atoms with Crippen molar-refractivity contribution in [2.45, 2.75) is 25.9 Å². The first-order valence-electron chi connectivity index (χ1n) is 7.29. The summed E-state index contributed by atoms with van der Waals surface area (Å²) in [6, 6.07) is 18.0. The molecule has 0 radical (unpaired) electrons. The van der Waals surface area contributed by atoms with Crippen LogP contribution in [0.2, 0.25) is 0 Å². The summed E-state index contributed by atoms with van der Waals surface area (Å²) in [4.78, 5) is 2.40. The molecule has 3 rings (SSSR count). The van der Waals surface area contributed by atoms with Gasteiger partial charge in [-0.15, -0.1) is 0 Å². The first kappa shape index (κ1) is 13.2. The number of benzene rings is 2. The van der Waals surface area contributed by atoms with Crippen molar-refractivity contribution in [3.8, 4) is 0 Å². The highest BCUT2D eigenvalue weighted by molar-refractivity contribution is 5.56. The fraction of sp³-hybridized carbons (Fsp3) is 0.333. The molecule has 0 amide bonds. The van der Waals surface area contributed by atoms with E-state index in [2.05, 4.69) is 72.7 Å². The highest BCUT2D eigenvalue weighted by Gasteiger charge is 2.20. The van der Waals surface area contributed by atoms with Crippen molar-refractivity contribution in [1.82, 2.24) is 4.90 Å². The molecule has 1 atom stereocenters. The van der Waals surface area contributed by atoms with Crippen LogP contribution in [0.15, 0.2) is 48.5 Å². The van der Waals surface area contributed by atoms with Crippen LogP contribution in [0.1, 0.15) is 16.7 Å². The molecular weight excluding hydrogens is 244 g/mol. The number of anilines is 1. The van der Waals surface area contributed by atoms with Crippen LogP contribution in [0, 0.1) is 6.92 Å². The van der Waals surface area contributed by atoms with Crippen LogP contribution in [-0.2, 0) is 13.0 Å². The van der Waals surface area contributed by atoms with Crippen molar-refractivity contribution in [3.05, 3.63) is 65.2 Å². The van der Waals surface area contributed by atoms with E-state index in [1.807, 2.05) is 0 Å². The van der Waals surface area contributed by atoms with Crippen LogP contribution in [0.25, 0.3) is 0 Å². The SMILES string of the molecule is Cc1ccc(CN(C)CC2Cc3ccccc3N2)cc1. The van der Waals surface area contributed by atoms with Crippen molar-refractivity contribution in [1.29, 1.82) is 0 Å². The minimum atomic E-state index is 0.530. The molecule has 0 aliphatic carbocycles. The van der Waals surface area contributed by atoms with Crippen LogP contribution < -0.4 is 5.32 Å². The standard InChI is InChI=1S/C18H22N2/c1-14-7-9-15(10-8-14)12-20(2)13-17-11-16-5-3-4-6-18(16)19-17/h3-10,17,19H,11-13H2,1-2H3. The van der Waals surface area contributed by atoms with Gasteiger partial charge in [0.1, 0.15) is 0 Å². The zero-order valence-corrected chi connectivity index (χ0v) is 12.3. The van der Waals surface area contributed by atoms with Gasteiger partial charge in [0.2, 0.25) is 0 Å². The van der Waals surface area contributed by atoms with Crippen LogP contribution in [-0.4, -0.2) is 24.5 Å². The lowest BCUT2D eigenvalue weighted by molar-refractivity contribution is 0.312. The average Bonchev–Trinajstić information content (AvgIpc) is 2.83. The molecule has 2 heteroatoms. The van der Waals surface area contributed by atoms with Gasteiger partial charge in [0, 0.05) is 24.8 Å². The maximum Gasteiger partial charge on any atom is 0.0429 e. The van der Waals surface area contributed by atoms with Gasteiger partial charge >= 0.3 is 0 Å². The number of hydrogen-bond donors (Lipinski definition) is 1. The molecule has 1 N–H and O–H groups in total. The summed E-state index contributed by atoms with van der Waals surface area (Å²) in [5.74, 6) is 0. The molecule has 0 saturated carbocycles. The van der Waals surface area contributed by atoms with Crippen molar-refractivity contribution in [2.75, 3.05) is 18.9 Å². The Bertz CT molecular complexity index is 549. The minimum absolute atomic E-state index is 0.530. The summed E-state index contributed by atoms with van der Waals surface area (Å²) in [6.07, 6.45) is 1.13. The third-order valence-corrected chi connectivity index (χ3v) is 3.95. The Balaban J connectivity index is 1.55. The number of aryl methyl sites for hydroxylation is 1. The second kappa shape index (κ2) is 5.68. The second-order valence-electron chi connectivity index (χ2n) is 5.88. The first-order chi connectivity index (χ1) is 9.70. The summed E-state index contributed by atoms with van der Waals surface area (Å²) in [5.41, 5.74) is 5.46. The fourth-order valence-electron chi connectivity index (χ4n) is 2.93. The topological polar surface area (TPSA) is 15.3 Å². The van der Waals surface area contributed by atoms with Crippen molar-refractivity contribution in [2.24, 2.45) is 0 Å². The largest absolute Gasteiger partial charge is 0.380 e. The molecule has 2 aromatic carbocycles. The van der Waals surface area contributed by atoms with E-state index < -0.39 is 0 Å². The lowest BCUT2D eigenvalue weighted by atomic mass is 10.1. The molecule has 0 fully saturated rings. The van der Waals surface area contributed by atoms with E-state index >= 15 is 0 Å². The highest BCUT2D eigenvalue weighted by atomic mass is 15.1. The monoisotopic (exact) mass is 266 g/mol. The number of fused-ring (bicyclic) bond motifs is 1. The summed E-state index contributed by atoms with van der Waals surface area (Å²) >= 11 is 0. The zero-order chi connectivity index (χ0) is 13.9. The predicted octanol–water partition coefficient (Wildman–Crippen LogP) is 3.46. The fourth-order valence-corrected chi connectivity index (χ4v) is 2.93. The predicted molar refractivity (Wildman–Crippen MR) is 85.1 cm³/mol. The number of nitrogens with zero attached hydrogens (tertiary/aromatic N) is 1. The van der Waals surface area contributed by atoms with E-state index in [4.69, 9.17) is 0 Å².